The van der Waals surface area contributed by atoms with Crippen molar-refractivity contribution in [1.29, 1.82) is 0 Å². The third-order valence-electron chi connectivity index (χ3n) is 2.16. The molecule has 0 bridgehead atoms. The maximum absolute atomic E-state index is 10.9. The summed E-state index contributed by atoms with van der Waals surface area (Å²) < 4.78 is 0. The zero-order valence-corrected chi connectivity index (χ0v) is 8.97. The molecule has 6 heteroatoms. The molecule has 0 spiro atoms. The average molecular weight is 225 g/mol. The molecule has 88 valence electrons. The van der Waals surface area contributed by atoms with Crippen LogP contribution in [0.15, 0.2) is 18.3 Å². The number of anilines is 1. The van der Waals surface area contributed by atoms with E-state index in [1.165, 1.54) is 12.3 Å². The number of nitrogens with one attached hydrogen (secondary N) is 1. The van der Waals surface area contributed by atoms with Gasteiger partial charge in [0.15, 0.2) is 0 Å². The normalized spacial score (nSPS) is 11.2. The first-order valence-corrected chi connectivity index (χ1v) is 4.76. The zero-order chi connectivity index (χ0) is 12.2. The van der Waals surface area contributed by atoms with E-state index in [0.717, 1.165) is 0 Å². The summed E-state index contributed by atoms with van der Waals surface area (Å²) in [6.45, 7) is 1.17. The highest BCUT2D eigenvalue weighted by Gasteiger charge is 2.22. The number of carbonyl (C=O) groups is 1. The van der Waals surface area contributed by atoms with Gasteiger partial charge in [0.25, 0.3) is 5.91 Å². The second-order valence-electron chi connectivity index (χ2n) is 3.80. The average Bonchev–Trinajstić information content (AvgIpc) is 2.29. The van der Waals surface area contributed by atoms with Crippen LogP contribution < -0.4 is 11.1 Å². The number of aliphatic hydroxyl groups excluding tert-OH is 2. The Morgan fingerprint density at radius 1 is 1.56 bits per heavy atom. The molecule has 0 saturated heterocycles. The molecule has 0 unspecified atom stereocenters. The van der Waals surface area contributed by atoms with Crippen LogP contribution in [0, 0.1) is 0 Å². The van der Waals surface area contributed by atoms with Crippen LogP contribution in [-0.4, -0.2) is 39.9 Å². The molecule has 6 nitrogen and oxygen atoms in total. The standard InChI is InChI=1S/C10H15N3O3/c1-10(5-14,6-15)13-7-2-3-12-8(4-7)9(11)16/h2-4,14-15H,5-6H2,1H3,(H2,11,16)(H,12,13). The van der Waals surface area contributed by atoms with Crippen molar-refractivity contribution in [3.05, 3.63) is 24.0 Å². The van der Waals surface area contributed by atoms with Gasteiger partial charge in [-0.3, -0.25) is 9.78 Å². The maximum Gasteiger partial charge on any atom is 0.267 e. The molecule has 0 radical (unpaired) electrons. The number of hydrogen-bond donors (Lipinski definition) is 4. The summed E-state index contributed by atoms with van der Waals surface area (Å²) in [5, 5.41) is 21.1. The Morgan fingerprint density at radius 3 is 2.69 bits per heavy atom. The number of aliphatic hydroxyl groups is 2. The fourth-order valence-corrected chi connectivity index (χ4v) is 1.12. The van der Waals surface area contributed by atoms with E-state index < -0.39 is 11.4 Å². The molecular weight excluding hydrogens is 210 g/mol. The molecule has 5 N–H and O–H groups in total. The SMILES string of the molecule is CC(CO)(CO)Nc1ccnc(C(N)=O)c1. The minimum atomic E-state index is -0.851. The summed E-state index contributed by atoms with van der Waals surface area (Å²) in [5.41, 5.74) is 4.92. The first-order valence-electron chi connectivity index (χ1n) is 4.76. The highest BCUT2D eigenvalue weighted by atomic mass is 16.3. The Balaban J connectivity index is 2.89. The van der Waals surface area contributed by atoms with Crippen LogP contribution >= 0.6 is 0 Å². The van der Waals surface area contributed by atoms with Gasteiger partial charge in [-0.15, -0.1) is 0 Å². The summed E-state index contributed by atoms with van der Waals surface area (Å²) >= 11 is 0. The van der Waals surface area contributed by atoms with Crippen molar-refractivity contribution in [2.24, 2.45) is 5.73 Å². The van der Waals surface area contributed by atoms with E-state index in [1.54, 1.807) is 13.0 Å². The Morgan fingerprint density at radius 2 is 2.19 bits per heavy atom. The summed E-state index contributed by atoms with van der Waals surface area (Å²) in [4.78, 5) is 14.7. The molecule has 1 aromatic heterocycles. The molecule has 0 saturated carbocycles. The Hall–Kier alpha value is -1.66. The van der Waals surface area contributed by atoms with Crippen LogP contribution in [0.5, 0.6) is 0 Å². The van der Waals surface area contributed by atoms with Crippen molar-refractivity contribution in [2.75, 3.05) is 18.5 Å². The van der Waals surface area contributed by atoms with E-state index in [4.69, 9.17) is 15.9 Å². The third kappa shape index (κ3) is 2.91. The van der Waals surface area contributed by atoms with E-state index in [-0.39, 0.29) is 18.9 Å². The molecule has 1 rings (SSSR count). The lowest BCUT2D eigenvalue weighted by molar-refractivity contribution is 0.0995. The van der Waals surface area contributed by atoms with Crippen molar-refractivity contribution >= 4 is 11.6 Å². The molecule has 0 aliphatic heterocycles. The smallest absolute Gasteiger partial charge is 0.267 e. The lowest BCUT2D eigenvalue weighted by Gasteiger charge is -2.27. The Labute approximate surface area is 93.1 Å². The van der Waals surface area contributed by atoms with Gasteiger partial charge in [-0.05, 0) is 19.1 Å². The Kier molecular flexibility index (Phi) is 3.81. The zero-order valence-electron chi connectivity index (χ0n) is 8.97. The highest BCUT2D eigenvalue weighted by molar-refractivity contribution is 5.91. The number of nitrogens with zero attached hydrogens (tertiary/aromatic N) is 1. The number of nitrogens with two attached hydrogens (primary N) is 1. The number of amides is 1. The van der Waals surface area contributed by atoms with Crippen molar-refractivity contribution in [2.45, 2.75) is 12.5 Å². The van der Waals surface area contributed by atoms with Gasteiger partial charge in [-0.25, -0.2) is 0 Å². The Bertz CT molecular complexity index is 377. The van der Waals surface area contributed by atoms with Crippen molar-refractivity contribution in [3.63, 3.8) is 0 Å². The number of rotatable bonds is 5. The minimum Gasteiger partial charge on any atom is -0.394 e. The quantitative estimate of drug-likeness (QED) is 0.531. The highest BCUT2D eigenvalue weighted by Crippen LogP contribution is 2.14. The second-order valence-corrected chi connectivity index (χ2v) is 3.80. The van der Waals surface area contributed by atoms with Crippen LogP contribution in [0.4, 0.5) is 5.69 Å². The van der Waals surface area contributed by atoms with Crippen LogP contribution in [0.3, 0.4) is 0 Å². The molecule has 1 aromatic rings. The van der Waals surface area contributed by atoms with Gasteiger partial charge < -0.3 is 21.3 Å². The predicted molar refractivity (Wildman–Crippen MR) is 59.0 cm³/mol. The topological polar surface area (TPSA) is 108 Å². The summed E-state index contributed by atoms with van der Waals surface area (Å²) in [5.74, 6) is -0.627. The van der Waals surface area contributed by atoms with Gasteiger partial charge in [0.05, 0.1) is 18.8 Å². The largest absolute Gasteiger partial charge is 0.394 e. The van der Waals surface area contributed by atoms with Crippen LogP contribution in [-0.2, 0) is 0 Å². The van der Waals surface area contributed by atoms with E-state index >= 15 is 0 Å². The molecule has 0 fully saturated rings. The van der Waals surface area contributed by atoms with Crippen molar-refractivity contribution in [3.8, 4) is 0 Å². The molecule has 16 heavy (non-hydrogen) atoms. The van der Waals surface area contributed by atoms with Gasteiger partial charge in [0, 0.05) is 11.9 Å². The number of hydrogen-bond acceptors (Lipinski definition) is 5. The number of pyridine rings is 1. The summed E-state index contributed by atoms with van der Waals surface area (Å²) in [6, 6.07) is 3.09. The first-order chi connectivity index (χ1) is 7.50. The lowest BCUT2D eigenvalue weighted by atomic mass is 10.1. The van der Waals surface area contributed by atoms with Crippen LogP contribution in [0.25, 0.3) is 0 Å². The predicted octanol–water partition coefficient (Wildman–Crippen LogP) is -0.664. The lowest BCUT2D eigenvalue weighted by Crippen LogP contribution is -2.42. The van der Waals surface area contributed by atoms with Crippen LogP contribution in [0.2, 0.25) is 0 Å². The van der Waals surface area contributed by atoms with Crippen molar-refractivity contribution in [1.82, 2.24) is 4.98 Å². The number of aromatic nitrogens is 1. The molecule has 0 atom stereocenters. The van der Waals surface area contributed by atoms with Gasteiger partial charge in [-0.2, -0.15) is 0 Å². The monoisotopic (exact) mass is 225 g/mol. The van der Waals surface area contributed by atoms with E-state index in [9.17, 15) is 4.79 Å². The van der Waals surface area contributed by atoms with Crippen LogP contribution in [0.1, 0.15) is 17.4 Å². The summed E-state index contributed by atoms with van der Waals surface area (Å²) in [6.07, 6.45) is 1.43. The molecule has 0 aliphatic carbocycles. The second kappa shape index (κ2) is 4.91. The van der Waals surface area contributed by atoms with E-state index in [0.29, 0.717) is 5.69 Å². The molecule has 1 heterocycles. The van der Waals surface area contributed by atoms with Gasteiger partial charge in [-0.1, -0.05) is 0 Å². The van der Waals surface area contributed by atoms with E-state index in [2.05, 4.69) is 10.3 Å². The van der Waals surface area contributed by atoms with Gasteiger partial charge >= 0.3 is 0 Å². The first kappa shape index (κ1) is 12.4. The molecular formula is C10H15N3O3. The van der Waals surface area contributed by atoms with Gasteiger partial charge in [0.2, 0.25) is 0 Å². The molecule has 0 aliphatic rings. The number of carbonyl (C=O) groups excluding carboxylic acids is 1. The van der Waals surface area contributed by atoms with E-state index in [1.807, 2.05) is 0 Å². The third-order valence-corrected chi connectivity index (χ3v) is 2.16. The summed E-state index contributed by atoms with van der Waals surface area (Å²) in [7, 11) is 0. The number of primary amides is 1. The van der Waals surface area contributed by atoms with Crippen molar-refractivity contribution < 1.29 is 15.0 Å². The maximum atomic E-state index is 10.9. The van der Waals surface area contributed by atoms with Gasteiger partial charge in [0.1, 0.15) is 5.69 Å². The fourth-order valence-electron chi connectivity index (χ4n) is 1.12. The fraction of sp³-hybridized carbons (Fsp3) is 0.400. The minimum absolute atomic E-state index is 0.128. The molecule has 1 amide bonds. The molecule has 0 aromatic carbocycles.